The monoisotopic (exact) mass is 258 g/mol. The highest BCUT2D eigenvalue weighted by Gasteiger charge is 2.27. The van der Waals surface area contributed by atoms with Crippen molar-refractivity contribution >= 4 is 36.0 Å². The van der Waals surface area contributed by atoms with Crippen molar-refractivity contribution in [3.8, 4) is 0 Å². The van der Waals surface area contributed by atoms with Crippen LogP contribution in [0.1, 0.15) is 17.3 Å². The van der Waals surface area contributed by atoms with Gasteiger partial charge in [0, 0.05) is 10.6 Å². The van der Waals surface area contributed by atoms with Crippen LogP contribution in [0.25, 0.3) is 0 Å². The molecule has 0 heterocycles. The van der Waals surface area contributed by atoms with E-state index in [1.165, 1.54) is 6.92 Å². The van der Waals surface area contributed by atoms with Gasteiger partial charge in [-0.05, 0) is 24.3 Å². The third-order valence-corrected chi connectivity index (χ3v) is 3.19. The average Bonchev–Trinajstić information content (AvgIpc) is 2.27. The molecule has 0 aromatic heterocycles. The van der Waals surface area contributed by atoms with E-state index in [0.29, 0.717) is 10.6 Å². The van der Waals surface area contributed by atoms with Gasteiger partial charge in [0.05, 0.1) is 11.2 Å². The van der Waals surface area contributed by atoms with Crippen molar-refractivity contribution in [1.29, 1.82) is 0 Å². The quantitative estimate of drug-likeness (QED) is 0.645. The van der Waals surface area contributed by atoms with Crippen molar-refractivity contribution in [2.45, 2.75) is 12.2 Å². The number of thiol groups is 1. The maximum absolute atomic E-state index is 11.8. The van der Waals surface area contributed by atoms with Crippen molar-refractivity contribution < 1.29 is 14.7 Å². The number of halogens is 1. The number of hydrogen-bond acceptors (Lipinski definition) is 3. The van der Waals surface area contributed by atoms with Crippen LogP contribution in [0.2, 0.25) is 5.02 Å². The summed E-state index contributed by atoms with van der Waals surface area (Å²) in [6.07, 6.45) is 0. The molecule has 0 spiro atoms. The number of Topliss-reactive ketones (excluding diaryl/α,β-unsaturated/α-hetero) is 1. The number of carboxylic acids is 1. The van der Waals surface area contributed by atoms with Gasteiger partial charge in [-0.2, -0.15) is 12.6 Å². The number of carbonyl (C=O) groups excluding carboxylic acids is 1. The number of benzene rings is 1. The topological polar surface area (TPSA) is 54.4 Å². The Labute approximate surface area is 104 Å². The molecule has 0 bridgehead atoms. The first-order chi connectivity index (χ1) is 7.43. The fraction of sp³-hybridized carbons (Fsp3) is 0.273. The number of carboxylic acid groups (broad SMARTS) is 1. The molecule has 86 valence electrons. The summed E-state index contributed by atoms with van der Waals surface area (Å²) >= 11 is 9.72. The Morgan fingerprint density at radius 3 is 2.25 bits per heavy atom. The second-order valence-corrected chi connectivity index (χ2v) is 4.44. The lowest BCUT2D eigenvalue weighted by Gasteiger charge is -2.13. The van der Waals surface area contributed by atoms with E-state index >= 15 is 0 Å². The van der Waals surface area contributed by atoms with Gasteiger partial charge in [-0.1, -0.05) is 18.5 Å². The molecule has 5 heteroatoms. The second kappa shape index (κ2) is 5.37. The van der Waals surface area contributed by atoms with Crippen LogP contribution in [0.15, 0.2) is 24.3 Å². The van der Waals surface area contributed by atoms with Crippen LogP contribution in [-0.4, -0.2) is 22.1 Å². The summed E-state index contributed by atoms with van der Waals surface area (Å²) in [6.45, 7) is 1.45. The molecule has 0 aliphatic rings. The first-order valence-electron chi connectivity index (χ1n) is 4.64. The van der Waals surface area contributed by atoms with E-state index in [-0.39, 0.29) is 5.78 Å². The molecule has 1 rings (SSSR count). The predicted octanol–water partition coefficient (Wildman–Crippen LogP) is 2.54. The zero-order chi connectivity index (χ0) is 12.3. The Balaban J connectivity index is 2.86. The Morgan fingerprint density at radius 2 is 1.81 bits per heavy atom. The molecule has 1 N–H and O–H groups in total. The first-order valence-corrected chi connectivity index (χ1v) is 5.53. The summed E-state index contributed by atoms with van der Waals surface area (Å²) < 4.78 is 0. The number of hydrogen-bond donors (Lipinski definition) is 2. The standard InChI is InChI=1S/C11H11ClO3S/c1-6(11(14)15)10(16)9(13)7-2-4-8(12)5-3-7/h2-6,10,16H,1H3,(H,14,15). The van der Waals surface area contributed by atoms with Crippen LogP contribution in [0.4, 0.5) is 0 Å². The van der Waals surface area contributed by atoms with Gasteiger partial charge in [0.25, 0.3) is 0 Å². The SMILES string of the molecule is CC(C(=O)O)C(S)C(=O)c1ccc(Cl)cc1. The zero-order valence-corrected chi connectivity index (χ0v) is 10.2. The van der Waals surface area contributed by atoms with Crippen molar-refractivity contribution in [3.63, 3.8) is 0 Å². The summed E-state index contributed by atoms with van der Waals surface area (Å²) in [7, 11) is 0. The van der Waals surface area contributed by atoms with Gasteiger partial charge in [0.1, 0.15) is 0 Å². The van der Waals surface area contributed by atoms with Crippen molar-refractivity contribution in [1.82, 2.24) is 0 Å². The molecule has 0 aliphatic heterocycles. The highest BCUT2D eigenvalue weighted by molar-refractivity contribution is 7.81. The van der Waals surface area contributed by atoms with Crippen molar-refractivity contribution in [2.24, 2.45) is 5.92 Å². The Bertz CT molecular complexity index is 402. The van der Waals surface area contributed by atoms with E-state index in [0.717, 1.165) is 0 Å². The lowest BCUT2D eigenvalue weighted by Crippen LogP contribution is -2.28. The lowest BCUT2D eigenvalue weighted by molar-refractivity contribution is -0.140. The van der Waals surface area contributed by atoms with E-state index in [2.05, 4.69) is 12.6 Å². The van der Waals surface area contributed by atoms with Crippen molar-refractivity contribution in [2.75, 3.05) is 0 Å². The van der Waals surface area contributed by atoms with Crippen LogP contribution >= 0.6 is 24.2 Å². The largest absolute Gasteiger partial charge is 0.481 e. The minimum absolute atomic E-state index is 0.310. The Kier molecular flexibility index (Phi) is 4.38. The van der Waals surface area contributed by atoms with Gasteiger partial charge < -0.3 is 5.11 Å². The molecule has 1 aromatic rings. The Morgan fingerprint density at radius 1 is 1.31 bits per heavy atom. The van der Waals surface area contributed by atoms with Crippen LogP contribution in [0.5, 0.6) is 0 Å². The summed E-state index contributed by atoms with van der Waals surface area (Å²) in [5.41, 5.74) is 0.414. The number of ketones is 1. The fourth-order valence-corrected chi connectivity index (χ4v) is 1.55. The third-order valence-electron chi connectivity index (χ3n) is 2.26. The van der Waals surface area contributed by atoms with Gasteiger partial charge in [-0.3, -0.25) is 9.59 Å². The molecule has 0 saturated heterocycles. The lowest BCUT2D eigenvalue weighted by atomic mass is 9.99. The molecule has 16 heavy (non-hydrogen) atoms. The van der Waals surface area contributed by atoms with E-state index in [1.807, 2.05) is 0 Å². The van der Waals surface area contributed by atoms with E-state index < -0.39 is 17.1 Å². The highest BCUT2D eigenvalue weighted by Crippen LogP contribution is 2.18. The summed E-state index contributed by atoms with van der Waals surface area (Å²) in [5.74, 6) is -2.18. The minimum Gasteiger partial charge on any atom is -0.481 e. The fourth-order valence-electron chi connectivity index (χ4n) is 1.15. The molecule has 0 aliphatic carbocycles. The maximum Gasteiger partial charge on any atom is 0.307 e. The van der Waals surface area contributed by atoms with Crippen molar-refractivity contribution in [3.05, 3.63) is 34.9 Å². The van der Waals surface area contributed by atoms with E-state index in [9.17, 15) is 9.59 Å². The van der Waals surface area contributed by atoms with Crippen LogP contribution in [0, 0.1) is 5.92 Å². The number of rotatable bonds is 4. The van der Waals surface area contributed by atoms with Crippen LogP contribution in [0.3, 0.4) is 0 Å². The van der Waals surface area contributed by atoms with E-state index in [1.54, 1.807) is 24.3 Å². The molecule has 0 radical (unpaired) electrons. The molecule has 2 atom stereocenters. The number of aliphatic carboxylic acids is 1. The molecule has 0 fully saturated rings. The van der Waals surface area contributed by atoms with Gasteiger partial charge >= 0.3 is 5.97 Å². The normalized spacial score (nSPS) is 14.2. The molecule has 1 aromatic carbocycles. The third kappa shape index (κ3) is 3.00. The van der Waals surface area contributed by atoms with Crippen LogP contribution in [-0.2, 0) is 4.79 Å². The molecule has 3 nitrogen and oxygen atoms in total. The van der Waals surface area contributed by atoms with Crippen LogP contribution < -0.4 is 0 Å². The molecule has 0 amide bonds. The highest BCUT2D eigenvalue weighted by atomic mass is 35.5. The molecular weight excluding hydrogens is 248 g/mol. The number of carbonyl (C=O) groups is 2. The average molecular weight is 259 g/mol. The maximum atomic E-state index is 11.8. The smallest absolute Gasteiger partial charge is 0.307 e. The van der Waals surface area contributed by atoms with E-state index in [4.69, 9.17) is 16.7 Å². The molecule has 0 saturated carbocycles. The summed E-state index contributed by atoms with van der Waals surface area (Å²) in [5, 5.41) is 8.45. The van der Waals surface area contributed by atoms with Gasteiger partial charge in [0.15, 0.2) is 5.78 Å². The van der Waals surface area contributed by atoms with Gasteiger partial charge in [0.2, 0.25) is 0 Å². The zero-order valence-electron chi connectivity index (χ0n) is 8.55. The first kappa shape index (κ1) is 13.1. The van der Waals surface area contributed by atoms with Gasteiger partial charge in [-0.15, -0.1) is 0 Å². The predicted molar refractivity (Wildman–Crippen MR) is 65.4 cm³/mol. The molecule has 2 unspecified atom stereocenters. The Hall–Kier alpha value is -1.00. The van der Waals surface area contributed by atoms with Gasteiger partial charge in [-0.25, -0.2) is 0 Å². The minimum atomic E-state index is -1.04. The summed E-state index contributed by atoms with van der Waals surface area (Å²) in [4.78, 5) is 22.5. The molecular formula is C11H11ClO3S. The summed E-state index contributed by atoms with van der Waals surface area (Å²) in [6, 6.07) is 6.28. The second-order valence-electron chi connectivity index (χ2n) is 3.44.